The van der Waals surface area contributed by atoms with E-state index in [-0.39, 0.29) is 18.4 Å². The van der Waals surface area contributed by atoms with Crippen molar-refractivity contribution in [3.63, 3.8) is 0 Å². The number of nitrogens with two attached hydrogens (primary N) is 2. The van der Waals surface area contributed by atoms with Crippen molar-refractivity contribution in [1.82, 2.24) is 10.6 Å². The number of carbonyl (C=O) groups is 2. The van der Waals surface area contributed by atoms with Gasteiger partial charge in [-0.2, -0.15) is 0 Å². The fourth-order valence-corrected chi connectivity index (χ4v) is 2.20. The molecule has 2 unspecified atom stereocenters. The molecule has 0 saturated heterocycles. The highest BCUT2D eigenvalue weighted by Gasteiger charge is 2.14. The van der Waals surface area contributed by atoms with Crippen LogP contribution < -0.4 is 22.1 Å². The van der Waals surface area contributed by atoms with Crippen molar-refractivity contribution >= 4 is 11.8 Å². The highest BCUT2D eigenvalue weighted by molar-refractivity contribution is 5.87. The average Bonchev–Trinajstić information content (AvgIpc) is 2.56. The molecule has 0 aliphatic rings. The highest BCUT2D eigenvalue weighted by atomic mass is 16.3. The van der Waals surface area contributed by atoms with Crippen molar-refractivity contribution in [3.8, 4) is 0 Å². The van der Waals surface area contributed by atoms with Crippen LogP contribution in [0.1, 0.15) is 31.2 Å². The van der Waals surface area contributed by atoms with Crippen molar-refractivity contribution < 1.29 is 14.7 Å². The molecule has 0 bridgehead atoms. The number of aliphatic hydroxyl groups excluding tert-OH is 1. The Morgan fingerprint density at radius 2 is 1.75 bits per heavy atom. The number of carbonyl (C=O) groups excluding carboxylic acids is 2. The lowest BCUT2D eigenvalue weighted by Crippen LogP contribution is -2.45. The first-order valence-electron chi connectivity index (χ1n) is 8.26. The zero-order chi connectivity index (χ0) is 17.8. The quantitative estimate of drug-likeness (QED) is 0.278. The van der Waals surface area contributed by atoms with Crippen LogP contribution in [0.5, 0.6) is 0 Å². The van der Waals surface area contributed by atoms with E-state index in [1.807, 2.05) is 30.3 Å². The first kappa shape index (κ1) is 20.1. The summed E-state index contributed by atoms with van der Waals surface area (Å²) in [6.07, 6.45) is 2.72. The van der Waals surface area contributed by atoms with Crippen molar-refractivity contribution in [3.05, 3.63) is 35.9 Å². The van der Waals surface area contributed by atoms with Crippen LogP contribution in [0.25, 0.3) is 0 Å². The third kappa shape index (κ3) is 9.24. The van der Waals surface area contributed by atoms with Gasteiger partial charge in [-0.1, -0.05) is 36.8 Å². The van der Waals surface area contributed by atoms with E-state index in [9.17, 15) is 9.59 Å². The lowest BCUT2D eigenvalue weighted by Gasteiger charge is -2.12. The zero-order valence-electron chi connectivity index (χ0n) is 13.9. The largest absolute Gasteiger partial charge is 0.379 e. The molecule has 7 N–H and O–H groups in total. The zero-order valence-corrected chi connectivity index (χ0v) is 13.9. The van der Waals surface area contributed by atoms with Gasteiger partial charge in [-0.05, 0) is 31.2 Å². The molecule has 0 saturated carbocycles. The molecule has 2 amide bonds. The summed E-state index contributed by atoms with van der Waals surface area (Å²) in [6.45, 7) is 0.453. The van der Waals surface area contributed by atoms with E-state index in [0.29, 0.717) is 19.4 Å². The summed E-state index contributed by atoms with van der Waals surface area (Å²) in [6, 6.07) is 8.82. The molecule has 0 radical (unpaired) electrons. The molecule has 1 aromatic carbocycles. The Morgan fingerprint density at radius 3 is 2.42 bits per heavy atom. The van der Waals surface area contributed by atoms with Crippen LogP contribution in [0.4, 0.5) is 0 Å². The summed E-state index contributed by atoms with van der Waals surface area (Å²) < 4.78 is 0. The van der Waals surface area contributed by atoms with E-state index >= 15 is 0 Å². The Labute approximate surface area is 142 Å². The fraction of sp³-hybridized carbons (Fsp3) is 0.529. The Hall–Kier alpha value is -1.96. The third-order valence-electron chi connectivity index (χ3n) is 3.56. The number of amides is 2. The van der Waals surface area contributed by atoms with Gasteiger partial charge >= 0.3 is 0 Å². The molecule has 0 fully saturated rings. The van der Waals surface area contributed by atoms with E-state index in [4.69, 9.17) is 16.6 Å². The van der Waals surface area contributed by atoms with Gasteiger partial charge in [-0.3, -0.25) is 9.59 Å². The van der Waals surface area contributed by atoms with E-state index in [0.717, 1.165) is 24.8 Å². The molecular formula is C17H28N4O3. The lowest BCUT2D eigenvalue weighted by molar-refractivity contribution is -0.126. The number of benzene rings is 1. The minimum Gasteiger partial charge on any atom is -0.379 e. The first-order valence-corrected chi connectivity index (χ1v) is 8.26. The lowest BCUT2D eigenvalue weighted by atomic mass is 10.1. The summed E-state index contributed by atoms with van der Waals surface area (Å²) >= 11 is 0. The van der Waals surface area contributed by atoms with Crippen LogP contribution >= 0.6 is 0 Å². The van der Waals surface area contributed by atoms with Crippen molar-refractivity contribution in [1.29, 1.82) is 0 Å². The summed E-state index contributed by atoms with van der Waals surface area (Å²) in [5.41, 5.74) is 12.1. The molecule has 0 spiro atoms. The SMILES string of the molecule is NC(O)CCCCCNC(=O)CNC(=O)C(N)Cc1ccccc1. The predicted octanol–water partition coefficient (Wildman–Crippen LogP) is -0.374. The maximum Gasteiger partial charge on any atom is 0.239 e. The van der Waals surface area contributed by atoms with Crippen LogP contribution in [0.3, 0.4) is 0 Å². The van der Waals surface area contributed by atoms with E-state index < -0.39 is 12.3 Å². The monoisotopic (exact) mass is 336 g/mol. The van der Waals surface area contributed by atoms with E-state index in [2.05, 4.69) is 10.6 Å². The molecule has 24 heavy (non-hydrogen) atoms. The number of nitrogens with one attached hydrogen (secondary N) is 2. The van der Waals surface area contributed by atoms with Gasteiger partial charge in [0.05, 0.1) is 12.6 Å². The van der Waals surface area contributed by atoms with Crippen LogP contribution in [0, 0.1) is 0 Å². The molecule has 2 atom stereocenters. The van der Waals surface area contributed by atoms with Gasteiger partial charge in [0.2, 0.25) is 11.8 Å². The van der Waals surface area contributed by atoms with E-state index in [1.165, 1.54) is 0 Å². The normalized spacial score (nSPS) is 13.1. The fourth-order valence-electron chi connectivity index (χ4n) is 2.20. The topological polar surface area (TPSA) is 130 Å². The Kier molecular flexibility index (Phi) is 9.67. The molecule has 1 rings (SSSR count). The second kappa shape index (κ2) is 11.6. The molecule has 134 valence electrons. The molecule has 0 aliphatic carbocycles. The molecule has 7 heteroatoms. The number of rotatable bonds is 11. The Bertz CT molecular complexity index is 494. The molecule has 0 heterocycles. The summed E-state index contributed by atoms with van der Waals surface area (Å²) in [5.74, 6) is -0.583. The second-order valence-electron chi connectivity index (χ2n) is 5.78. The van der Waals surface area contributed by atoms with Gasteiger partial charge in [0.1, 0.15) is 6.23 Å². The second-order valence-corrected chi connectivity index (χ2v) is 5.78. The minimum atomic E-state index is -0.769. The Balaban J connectivity index is 2.11. The van der Waals surface area contributed by atoms with Crippen molar-refractivity contribution in [2.24, 2.45) is 11.5 Å². The third-order valence-corrected chi connectivity index (χ3v) is 3.56. The maximum atomic E-state index is 11.9. The summed E-state index contributed by atoms with van der Waals surface area (Å²) in [7, 11) is 0. The van der Waals surface area contributed by atoms with E-state index in [1.54, 1.807) is 0 Å². The molecule has 0 aliphatic heterocycles. The van der Waals surface area contributed by atoms with Crippen molar-refractivity contribution in [2.45, 2.75) is 44.4 Å². The predicted molar refractivity (Wildman–Crippen MR) is 92.8 cm³/mol. The minimum absolute atomic E-state index is 0.0805. The number of hydrogen-bond donors (Lipinski definition) is 5. The van der Waals surface area contributed by atoms with Gasteiger partial charge in [0, 0.05) is 6.54 Å². The standard InChI is InChI=1S/C17H28N4O3/c18-14(11-13-7-3-1-4-8-13)17(24)21-12-16(23)20-10-6-2-5-9-15(19)22/h1,3-4,7-8,14-15,22H,2,5-6,9-12,18-19H2,(H,20,23)(H,21,24). The maximum absolute atomic E-state index is 11.9. The van der Waals surface area contributed by atoms with Gasteiger partial charge in [0.25, 0.3) is 0 Å². The van der Waals surface area contributed by atoms with Gasteiger partial charge in [-0.25, -0.2) is 0 Å². The average molecular weight is 336 g/mol. The number of hydrogen-bond acceptors (Lipinski definition) is 5. The van der Waals surface area contributed by atoms with Crippen LogP contribution in [0.2, 0.25) is 0 Å². The van der Waals surface area contributed by atoms with Gasteiger partial charge in [-0.15, -0.1) is 0 Å². The highest BCUT2D eigenvalue weighted by Crippen LogP contribution is 2.02. The van der Waals surface area contributed by atoms with Crippen LogP contribution in [0.15, 0.2) is 30.3 Å². The summed E-state index contributed by atoms with van der Waals surface area (Å²) in [4.78, 5) is 23.5. The van der Waals surface area contributed by atoms with Gasteiger partial charge < -0.3 is 27.2 Å². The number of aliphatic hydroxyl groups is 1. The van der Waals surface area contributed by atoms with Crippen LogP contribution in [-0.2, 0) is 16.0 Å². The molecule has 0 aromatic heterocycles. The first-order chi connectivity index (χ1) is 11.5. The van der Waals surface area contributed by atoms with Crippen LogP contribution in [-0.4, -0.2) is 42.3 Å². The van der Waals surface area contributed by atoms with Gasteiger partial charge in [0.15, 0.2) is 0 Å². The van der Waals surface area contributed by atoms with Crippen molar-refractivity contribution in [2.75, 3.05) is 13.1 Å². The Morgan fingerprint density at radius 1 is 1.04 bits per heavy atom. The summed E-state index contributed by atoms with van der Waals surface area (Å²) in [5, 5.41) is 14.2. The molecule has 7 nitrogen and oxygen atoms in total. The molecule has 1 aromatic rings. The smallest absolute Gasteiger partial charge is 0.239 e. The molecular weight excluding hydrogens is 308 g/mol. The number of unbranched alkanes of at least 4 members (excludes halogenated alkanes) is 2.